The number of carbonyl (C=O) groups is 1. The number of hydrogen-bond donors (Lipinski definition) is 2. The van der Waals surface area contributed by atoms with Crippen LogP contribution in [0.5, 0.6) is 5.88 Å². The van der Waals surface area contributed by atoms with Gasteiger partial charge in [0, 0.05) is 31.4 Å². The number of carbonyl (C=O) groups excluding carboxylic acids is 1. The van der Waals surface area contributed by atoms with Gasteiger partial charge in [0.2, 0.25) is 5.88 Å². The Labute approximate surface area is 209 Å². The Balaban J connectivity index is 1.18. The molecule has 36 heavy (non-hydrogen) atoms. The average Bonchev–Trinajstić information content (AvgIpc) is 3.46. The SMILES string of the molecule is N#Cc1ccc(CCNCC2CNc3cc(-c4ccc(F)c(C(=O)N5CCCC5)c4)cnc3O2)cc1. The zero-order valence-electron chi connectivity index (χ0n) is 20.0. The Kier molecular flexibility index (Phi) is 7.10. The van der Waals surface area contributed by atoms with Gasteiger partial charge in [-0.15, -0.1) is 0 Å². The topological polar surface area (TPSA) is 90.3 Å². The fourth-order valence-corrected chi connectivity index (χ4v) is 4.57. The van der Waals surface area contributed by atoms with E-state index in [0.717, 1.165) is 42.6 Å². The van der Waals surface area contributed by atoms with Crippen molar-refractivity contribution < 1.29 is 13.9 Å². The molecule has 2 aliphatic rings. The number of likely N-dealkylation sites (tertiary alicyclic amines) is 1. The fraction of sp³-hybridized carbons (Fsp3) is 0.321. The maximum Gasteiger partial charge on any atom is 0.256 e. The van der Waals surface area contributed by atoms with Crippen molar-refractivity contribution in [2.45, 2.75) is 25.4 Å². The van der Waals surface area contributed by atoms with Crippen molar-refractivity contribution in [3.05, 3.63) is 77.2 Å². The lowest BCUT2D eigenvalue weighted by Gasteiger charge is -2.27. The summed E-state index contributed by atoms with van der Waals surface area (Å²) in [5, 5.41) is 15.7. The number of nitriles is 1. The summed E-state index contributed by atoms with van der Waals surface area (Å²) in [6.45, 7) is 3.45. The molecule has 0 radical (unpaired) electrons. The van der Waals surface area contributed by atoms with Crippen molar-refractivity contribution in [1.29, 1.82) is 5.26 Å². The first-order valence-corrected chi connectivity index (χ1v) is 12.3. The lowest BCUT2D eigenvalue weighted by atomic mass is 10.0. The standard InChI is InChI=1S/C28H28FN5O2/c29-25-8-7-21(13-24(25)28(35)34-11-1-2-12-34)22-14-26-27(33-16-22)36-23(18-32-26)17-31-10-9-19-3-5-20(15-30)6-4-19/h3-8,13-14,16,23,31-32H,1-2,9-12,17-18H2. The maximum absolute atomic E-state index is 14.4. The van der Waals surface area contributed by atoms with Gasteiger partial charge in [-0.25, -0.2) is 9.37 Å². The number of aromatic nitrogens is 1. The van der Waals surface area contributed by atoms with Gasteiger partial charge in [-0.1, -0.05) is 18.2 Å². The number of nitrogens with zero attached hydrogens (tertiary/aromatic N) is 3. The second-order valence-electron chi connectivity index (χ2n) is 9.15. The van der Waals surface area contributed by atoms with Gasteiger partial charge >= 0.3 is 0 Å². The number of anilines is 1. The highest BCUT2D eigenvalue weighted by molar-refractivity contribution is 5.96. The first-order valence-electron chi connectivity index (χ1n) is 12.3. The number of nitrogens with one attached hydrogen (secondary N) is 2. The van der Waals surface area contributed by atoms with E-state index < -0.39 is 5.82 Å². The first kappa shape index (κ1) is 23.8. The third-order valence-corrected chi connectivity index (χ3v) is 6.62. The summed E-state index contributed by atoms with van der Waals surface area (Å²) >= 11 is 0. The van der Waals surface area contributed by atoms with E-state index in [1.807, 2.05) is 30.3 Å². The van der Waals surface area contributed by atoms with E-state index in [-0.39, 0.29) is 17.6 Å². The summed E-state index contributed by atoms with van der Waals surface area (Å²) in [6, 6.07) is 16.3. The van der Waals surface area contributed by atoms with Crippen LogP contribution in [0.25, 0.3) is 11.1 Å². The lowest BCUT2D eigenvalue weighted by molar-refractivity contribution is 0.0788. The van der Waals surface area contributed by atoms with E-state index in [1.165, 1.54) is 11.6 Å². The zero-order chi connectivity index (χ0) is 24.9. The van der Waals surface area contributed by atoms with Crippen LogP contribution in [0.15, 0.2) is 54.7 Å². The molecule has 7 nitrogen and oxygen atoms in total. The minimum Gasteiger partial charge on any atom is -0.470 e. The number of pyridine rings is 1. The predicted octanol–water partition coefficient (Wildman–Crippen LogP) is 4.00. The van der Waals surface area contributed by atoms with Crippen molar-refractivity contribution >= 4 is 11.6 Å². The quantitative estimate of drug-likeness (QED) is 0.492. The van der Waals surface area contributed by atoms with Crippen LogP contribution in [-0.4, -0.2) is 54.6 Å². The molecule has 5 rings (SSSR count). The highest BCUT2D eigenvalue weighted by Gasteiger charge is 2.24. The molecule has 1 atom stereocenters. The highest BCUT2D eigenvalue weighted by Crippen LogP contribution is 2.32. The van der Waals surface area contributed by atoms with Crippen LogP contribution in [0.1, 0.15) is 34.3 Å². The van der Waals surface area contributed by atoms with E-state index in [4.69, 9.17) is 10.00 Å². The van der Waals surface area contributed by atoms with Gasteiger partial charge in [-0.2, -0.15) is 5.26 Å². The number of hydrogen-bond acceptors (Lipinski definition) is 6. The number of rotatable bonds is 7. The third kappa shape index (κ3) is 5.31. The number of amides is 1. The van der Waals surface area contributed by atoms with Gasteiger partial charge in [0.1, 0.15) is 11.9 Å². The molecule has 1 amide bonds. The van der Waals surface area contributed by atoms with Crippen molar-refractivity contribution in [3.8, 4) is 23.1 Å². The molecule has 0 bridgehead atoms. The molecule has 3 heterocycles. The van der Waals surface area contributed by atoms with Crippen molar-refractivity contribution in [2.75, 3.05) is 38.0 Å². The minimum absolute atomic E-state index is 0.0627. The molecule has 0 spiro atoms. The van der Waals surface area contributed by atoms with Gasteiger partial charge in [0.25, 0.3) is 5.91 Å². The Bertz CT molecular complexity index is 1280. The molecule has 8 heteroatoms. The zero-order valence-corrected chi connectivity index (χ0v) is 20.0. The van der Waals surface area contributed by atoms with Gasteiger partial charge in [0.15, 0.2) is 0 Å². The fourth-order valence-electron chi connectivity index (χ4n) is 4.57. The monoisotopic (exact) mass is 485 g/mol. The van der Waals surface area contributed by atoms with Crippen LogP contribution in [0, 0.1) is 17.1 Å². The number of benzene rings is 2. The van der Waals surface area contributed by atoms with Gasteiger partial charge in [-0.3, -0.25) is 4.79 Å². The predicted molar refractivity (Wildman–Crippen MR) is 135 cm³/mol. The molecular weight excluding hydrogens is 457 g/mol. The Morgan fingerprint density at radius 1 is 1.17 bits per heavy atom. The van der Waals surface area contributed by atoms with E-state index in [0.29, 0.717) is 37.6 Å². The first-order chi connectivity index (χ1) is 17.6. The molecule has 1 fully saturated rings. The summed E-state index contributed by atoms with van der Waals surface area (Å²) in [5.41, 5.74) is 4.25. The largest absolute Gasteiger partial charge is 0.470 e. The molecule has 1 saturated heterocycles. The van der Waals surface area contributed by atoms with Crippen LogP contribution in [0.3, 0.4) is 0 Å². The molecule has 2 aromatic carbocycles. The molecule has 184 valence electrons. The van der Waals surface area contributed by atoms with Crippen LogP contribution in [0.4, 0.5) is 10.1 Å². The molecule has 2 aliphatic heterocycles. The maximum atomic E-state index is 14.4. The van der Waals surface area contributed by atoms with Crippen molar-refractivity contribution in [3.63, 3.8) is 0 Å². The molecule has 3 aromatic rings. The summed E-state index contributed by atoms with van der Waals surface area (Å²) in [7, 11) is 0. The molecule has 2 N–H and O–H groups in total. The van der Waals surface area contributed by atoms with Gasteiger partial charge in [0.05, 0.1) is 29.4 Å². The summed E-state index contributed by atoms with van der Waals surface area (Å²) in [6.07, 6.45) is 4.41. The molecule has 0 saturated carbocycles. The van der Waals surface area contributed by atoms with Crippen LogP contribution >= 0.6 is 0 Å². The van der Waals surface area contributed by atoms with Crippen LogP contribution in [0.2, 0.25) is 0 Å². The van der Waals surface area contributed by atoms with E-state index >= 15 is 0 Å². The number of ether oxygens (including phenoxy) is 1. The van der Waals surface area contributed by atoms with Crippen LogP contribution < -0.4 is 15.4 Å². The third-order valence-electron chi connectivity index (χ3n) is 6.62. The molecular formula is C28H28FN5O2. The van der Waals surface area contributed by atoms with E-state index in [1.54, 1.807) is 23.2 Å². The molecule has 0 aliphatic carbocycles. The average molecular weight is 486 g/mol. The normalized spacial score (nSPS) is 16.6. The second kappa shape index (κ2) is 10.8. The van der Waals surface area contributed by atoms with Gasteiger partial charge in [-0.05, 0) is 67.3 Å². The Morgan fingerprint density at radius 3 is 2.75 bits per heavy atom. The summed E-state index contributed by atoms with van der Waals surface area (Å²) < 4.78 is 20.5. The highest BCUT2D eigenvalue weighted by atomic mass is 19.1. The van der Waals surface area contributed by atoms with Crippen molar-refractivity contribution in [1.82, 2.24) is 15.2 Å². The molecule has 1 aromatic heterocycles. The second-order valence-corrected chi connectivity index (χ2v) is 9.15. The molecule has 1 unspecified atom stereocenters. The van der Waals surface area contributed by atoms with Crippen molar-refractivity contribution in [2.24, 2.45) is 0 Å². The van der Waals surface area contributed by atoms with E-state index in [9.17, 15) is 9.18 Å². The summed E-state index contributed by atoms with van der Waals surface area (Å²) in [5.74, 6) is -0.231. The summed E-state index contributed by atoms with van der Waals surface area (Å²) in [4.78, 5) is 18.9. The van der Waals surface area contributed by atoms with Crippen LogP contribution in [-0.2, 0) is 6.42 Å². The Hall–Kier alpha value is -3.96. The smallest absolute Gasteiger partial charge is 0.256 e. The Morgan fingerprint density at radius 2 is 1.97 bits per heavy atom. The lowest BCUT2D eigenvalue weighted by Crippen LogP contribution is -2.40. The van der Waals surface area contributed by atoms with Gasteiger partial charge < -0.3 is 20.3 Å². The van der Waals surface area contributed by atoms with E-state index in [2.05, 4.69) is 21.7 Å². The number of fused-ring (bicyclic) bond motifs is 1. The minimum atomic E-state index is -0.502. The number of halogens is 1.